The summed E-state index contributed by atoms with van der Waals surface area (Å²) < 4.78 is 0. The minimum Gasteiger partial charge on any atom is -0.0985 e. The fourth-order valence-corrected chi connectivity index (χ4v) is 0.985. The van der Waals surface area contributed by atoms with Crippen molar-refractivity contribution in [3.05, 3.63) is 36.0 Å². The van der Waals surface area contributed by atoms with E-state index in [1.54, 1.807) is 0 Å². The predicted octanol–water partition coefficient (Wildman–Crippen LogP) is 2.84. The van der Waals surface area contributed by atoms with Gasteiger partial charge in [0, 0.05) is 0 Å². The molecule has 0 saturated carbocycles. The molecule has 0 aromatic rings. The molecular weight excluding hydrogens is 108 g/mol. The van der Waals surface area contributed by atoms with Gasteiger partial charge in [0.25, 0.3) is 0 Å². The van der Waals surface area contributed by atoms with Gasteiger partial charge in [0.05, 0.1) is 0 Å². The molecular formula is C9H12. The van der Waals surface area contributed by atoms with Crippen molar-refractivity contribution in [2.24, 2.45) is 0 Å². The first-order valence-electron chi connectivity index (χ1n) is 3.36. The van der Waals surface area contributed by atoms with Gasteiger partial charge in [0.15, 0.2) is 0 Å². The van der Waals surface area contributed by atoms with Crippen LogP contribution in [0.3, 0.4) is 0 Å². The Hall–Kier alpha value is -0.780. The highest BCUT2D eigenvalue weighted by atomic mass is 14.1. The maximum absolute atomic E-state index is 3.73. The van der Waals surface area contributed by atoms with E-state index in [0.29, 0.717) is 0 Å². The monoisotopic (exact) mass is 120 g/mol. The van der Waals surface area contributed by atoms with E-state index in [9.17, 15) is 0 Å². The zero-order valence-electron chi connectivity index (χ0n) is 5.85. The third kappa shape index (κ3) is 1.13. The molecule has 0 spiro atoms. The van der Waals surface area contributed by atoms with Gasteiger partial charge in [-0.3, -0.25) is 0 Å². The Bertz CT molecular complexity index is 170. The summed E-state index contributed by atoms with van der Waals surface area (Å²) in [6.07, 6.45) is 8.78. The maximum Gasteiger partial charge on any atom is -0.0241 e. The van der Waals surface area contributed by atoms with Crippen LogP contribution in [0.15, 0.2) is 36.0 Å². The van der Waals surface area contributed by atoms with E-state index >= 15 is 0 Å². The van der Waals surface area contributed by atoms with Gasteiger partial charge < -0.3 is 0 Å². The van der Waals surface area contributed by atoms with Gasteiger partial charge in [0.1, 0.15) is 0 Å². The van der Waals surface area contributed by atoms with Crippen molar-refractivity contribution in [2.45, 2.75) is 19.8 Å². The van der Waals surface area contributed by atoms with Crippen LogP contribution >= 0.6 is 0 Å². The summed E-state index contributed by atoms with van der Waals surface area (Å²) >= 11 is 0. The highest BCUT2D eigenvalue weighted by Gasteiger charge is 2.06. The molecule has 0 N–H and O–H groups in total. The Kier molecular flexibility index (Phi) is 1.88. The van der Waals surface area contributed by atoms with Gasteiger partial charge in [0.2, 0.25) is 0 Å². The zero-order valence-corrected chi connectivity index (χ0v) is 5.85. The van der Waals surface area contributed by atoms with E-state index in [0.717, 1.165) is 0 Å². The Morgan fingerprint density at radius 2 is 2.44 bits per heavy atom. The van der Waals surface area contributed by atoms with E-state index in [-0.39, 0.29) is 0 Å². The van der Waals surface area contributed by atoms with Crippen molar-refractivity contribution >= 4 is 0 Å². The number of hydrogen-bond acceptors (Lipinski definition) is 0. The highest BCUT2D eigenvalue weighted by Crippen LogP contribution is 2.25. The van der Waals surface area contributed by atoms with Crippen LogP contribution in [0.2, 0.25) is 0 Å². The molecule has 1 rings (SSSR count). The van der Waals surface area contributed by atoms with Crippen molar-refractivity contribution in [1.29, 1.82) is 0 Å². The van der Waals surface area contributed by atoms with Gasteiger partial charge in [-0.15, -0.1) is 0 Å². The molecule has 0 saturated heterocycles. The van der Waals surface area contributed by atoms with Crippen LogP contribution in [0.4, 0.5) is 0 Å². The van der Waals surface area contributed by atoms with Crippen molar-refractivity contribution in [3.8, 4) is 0 Å². The summed E-state index contributed by atoms with van der Waals surface area (Å²) in [7, 11) is 0. The highest BCUT2D eigenvalue weighted by molar-refractivity contribution is 5.41. The normalized spacial score (nSPS) is 18.3. The molecule has 1 aliphatic rings. The van der Waals surface area contributed by atoms with Gasteiger partial charge in [-0.25, -0.2) is 0 Å². The molecule has 48 valence electrons. The van der Waals surface area contributed by atoms with Gasteiger partial charge in [-0.2, -0.15) is 0 Å². The van der Waals surface area contributed by atoms with Crippen molar-refractivity contribution in [2.75, 3.05) is 0 Å². The first-order valence-corrected chi connectivity index (χ1v) is 3.36. The first kappa shape index (κ1) is 6.34. The molecule has 0 nitrogen and oxygen atoms in total. The molecule has 0 atom stereocenters. The summed E-state index contributed by atoms with van der Waals surface area (Å²) in [5.41, 5.74) is 2.77. The summed E-state index contributed by atoms with van der Waals surface area (Å²) in [4.78, 5) is 0. The molecule has 1 aliphatic carbocycles. The number of rotatable bonds is 2. The summed E-state index contributed by atoms with van der Waals surface area (Å²) in [6, 6.07) is 0. The number of allylic oxidation sites excluding steroid dienone is 5. The Balaban J connectivity index is 2.69. The molecule has 0 aromatic carbocycles. The van der Waals surface area contributed by atoms with E-state index in [1.165, 1.54) is 24.0 Å². The van der Waals surface area contributed by atoms with E-state index in [4.69, 9.17) is 0 Å². The van der Waals surface area contributed by atoms with Gasteiger partial charge in [-0.1, -0.05) is 24.8 Å². The van der Waals surface area contributed by atoms with Crippen LogP contribution in [0.5, 0.6) is 0 Å². The van der Waals surface area contributed by atoms with Crippen LogP contribution in [-0.4, -0.2) is 0 Å². The summed E-state index contributed by atoms with van der Waals surface area (Å²) in [5.74, 6) is 0. The zero-order chi connectivity index (χ0) is 6.69. The van der Waals surface area contributed by atoms with Crippen LogP contribution in [0.25, 0.3) is 0 Å². The van der Waals surface area contributed by atoms with E-state index < -0.39 is 0 Å². The van der Waals surface area contributed by atoms with Gasteiger partial charge >= 0.3 is 0 Å². The fourth-order valence-electron chi connectivity index (χ4n) is 0.985. The number of hydrogen-bond donors (Lipinski definition) is 0. The van der Waals surface area contributed by atoms with Crippen molar-refractivity contribution in [1.82, 2.24) is 0 Å². The minimum absolute atomic E-state index is 1.24. The molecule has 0 aliphatic heterocycles. The lowest BCUT2D eigenvalue weighted by Gasteiger charge is -2.14. The third-order valence-corrected chi connectivity index (χ3v) is 1.71. The summed E-state index contributed by atoms with van der Waals surface area (Å²) in [6.45, 7) is 5.78. The lowest BCUT2D eigenvalue weighted by Crippen LogP contribution is -1.94. The SMILES string of the molecule is C=C/C(=C\C)C1=CCC1. The Labute approximate surface area is 56.6 Å². The lowest BCUT2D eigenvalue weighted by molar-refractivity contribution is 0.892. The van der Waals surface area contributed by atoms with E-state index in [1.807, 2.05) is 6.08 Å². The van der Waals surface area contributed by atoms with Crippen LogP contribution in [0.1, 0.15) is 19.8 Å². The van der Waals surface area contributed by atoms with Gasteiger partial charge in [-0.05, 0) is 30.9 Å². The first-order chi connectivity index (χ1) is 4.38. The van der Waals surface area contributed by atoms with Crippen molar-refractivity contribution in [3.63, 3.8) is 0 Å². The molecule has 0 heterocycles. The predicted molar refractivity (Wildman–Crippen MR) is 41.3 cm³/mol. The molecule has 0 heteroatoms. The largest absolute Gasteiger partial charge is 0.0985 e. The lowest BCUT2D eigenvalue weighted by atomic mass is 9.92. The maximum atomic E-state index is 3.73. The third-order valence-electron chi connectivity index (χ3n) is 1.71. The second-order valence-corrected chi connectivity index (χ2v) is 2.22. The topological polar surface area (TPSA) is 0 Å². The quantitative estimate of drug-likeness (QED) is 0.491. The van der Waals surface area contributed by atoms with E-state index in [2.05, 4.69) is 25.7 Å². The molecule has 0 unspecified atom stereocenters. The molecule has 0 bridgehead atoms. The van der Waals surface area contributed by atoms with Crippen LogP contribution in [-0.2, 0) is 0 Å². The average molecular weight is 120 g/mol. The Morgan fingerprint density at radius 3 is 2.56 bits per heavy atom. The minimum atomic E-state index is 1.24. The standard InChI is InChI=1S/C9H12/c1-3-8(4-2)9-6-5-7-9/h3-4,6H,1,5,7H2,2H3/b8-4+. The second-order valence-electron chi connectivity index (χ2n) is 2.22. The Morgan fingerprint density at radius 1 is 1.78 bits per heavy atom. The molecule has 0 amide bonds. The second kappa shape index (κ2) is 2.67. The fraction of sp³-hybridized carbons (Fsp3) is 0.333. The van der Waals surface area contributed by atoms with Crippen LogP contribution < -0.4 is 0 Å². The van der Waals surface area contributed by atoms with Crippen molar-refractivity contribution < 1.29 is 0 Å². The molecule has 0 aromatic heterocycles. The summed E-state index contributed by atoms with van der Waals surface area (Å²) in [5, 5.41) is 0. The van der Waals surface area contributed by atoms with Crippen LogP contribution in [0, 0.1) is 0 Å². The molecule has 9 heavy (non-hydrogen) atoms. The average Bonchev–Trinajstić information content (AvgIpc) is 1.78. The smallest absolute Gasteiger partial charge is 0.0241 e. The molecule has 0 radical (unpaired) electrons. The molecule has 0 fully saturated rings.